The number of aryl methyl sites for hydroxylation is 1. The van der Waals surface area contributed by atoms with Gasteiger partial charge in [-0.3, -0.25) is 9.48 Å². The SMILES string of the molecule is CCc1ccc(COC(=O)Cn2cc(N)cn2)s1. The molecule has 0 saturated heterocycles. The molecule has 2 heterocycles. The molecule has 2 aromatic rings. The second-order valence-electron chi connectivity index (χ2n) is 3.85. The Morgan fingerprint density at radius 1 is 1.50 bits per heavy atom. The molecule has 0 aliphatic carbocycles. The van der Waals surface area contributed by atoms with Crippen molar-refractivity contribution in [2.75, 3.05) is 5.73 Å². The van der Waals surface area contributed by atoms with Gasteiger partial charge in [-0.15, -0.1) is 11.3 Å². The van der Waals surface area contributed by atoms with E-state index in [1.54, 1.807) is 17.5 Å². The molecule has 0 bridgehead atoms. The van der Waals surface area contributed by atoms with Gasteiger partial charge in [0.05, 0.1) is 11.9 Å². The van der Waals surface area contributed by atoms with E-state index in [4.69, 9.17) is 10.5 Å². The summed E-state index contributed by atoms with van der Waals surface area (Å²) in [5, 5.41) is 3.92. The highest BCUT2D eigenvalue weighted by Crippen LogP contribution is 2.17. The van der Waals surface area contributed by atoms with Crippen LogP contribution in [0, 0.1) is 0 Å². The number of aromatic nitrogens is 2. The number of nitrogens with zero attached hydrogens (tertiary/aromatic N) is 2. The van der Waals surface area contributed by atoms with E-state index in [1.165, 1.54) is 15.8 Å². The molecule has 0 aliphatic heterocycles. The van der Waals surface area contributed by atoms with E-state index in [2.05, 4.69) is 18.1 Å². The van der Waals surface area contributed by atoms with Gasteiger partial charge in [-0.25, -0.2) is 0 Å². The van der Waals surface area contributed by atoms with Gasteiger partial charge in [0.15, 0.2) is 0 Å². The standard InChI is InChI=1S/C12H15N3O2S/c1-2-10-3-4-11(18-10)8-17-12(16)7-15-6-9(13)5-14-15/h3-6H,2,7-8,13H2,1H3. The highest BCUT2D eigenvalue weighted by atomic mass is 32.1. The first-order chi connectivity index (χ1) is 8.67. The molecular weight excluding hydrogens is 250 g/mol. The molecule has 18 heavy (non-hydrogen) atoms. The minimum atomic E-state index is -0.315. The van der Waals surface area contributed by atoms with Crippen LogP contribution in [-0.4, -0.2) is 15.7 Å². The summed E-state index contributed by atoms with van der Waals surface area (Å²) in [6, 6.07) is 4.05. The Morgan fingerprint density at radius 2 is 2.28 bits per heavy atom. The second kappa shape index (κ2) is 5.68. The lowest BCUT2D eigenvalue weighted by molar-refractivity contribution is -0.145. The van der Waals surface area contributed by atoms with Crippen molar-refractivity contribution >= 4 is 23.0 Å². The summed E-state index contributed by atoms with van der Waals surface area (Å²) in [4.78, 5) is 13.9. The minimum Gasteiger partial charge on any atom is -0.459 e. The van der Waals surface area contributed by atoms with Crippen LogP contribution >= 0.6 is 11.3 Å². The number of hydrogen-bond acceptors (Lipinski definition) is 5. The molecule has 5 nitrogen and oxygen atoms in total. The first-order valence-electron chi connectivity index (χ1n) is 5.68. The third-order valence-electron chi connectivity index (χ3n) is 2.39. The van der Waals surface area contributed by atoms with Crippen LogP contribution < -0.4 is 5.73 Å². The van der Waals surface area contributed by atoms with E-state index in [0.717, 1.165) is 11.3 Å². The van der Waals surface area contributed by atoms with Gasteiger partial charge in [0.25, 0.3) is 0 Å². The van der Waals surface area contributed by atoms with Gasteiger partial charge in [-0.05, 0) is 18.6 Å². The first kappa shape index (κ1) is 12.6. The quantitative estimate of drug-likeness (QED) is 0.837. The van der Waals surface area contributed by atoms with E-state index in [1.807, 2.05) is 6.07 Å². The lowest BCUT2D eigenvalue weighted by atomic mass is 10.4. The number of rotatable bonds is 5. The Bertz CT molecular complexity index is 533. The Labute approximate surface area is 109 Å². The summed E-state index contributed by atoms with van der Waals surface area (Å²) < 4.78 is 6.63. The van der Waals surface area contributed by atoms with Gasteiger partial charge >= 0.3 is 5.97 Å². The van der Waals surface area contributed by atoms with Gasteiger partial charge < -0.3 is 10.5 Å². The lowest BCUT2D eigenvalue weighted by Gasteiger charge is -2.03. The fourth-order valence-electron chi connectivity index (χ4n) is 1.49. The van der Waals surface area contributed by atoms with Gasteiger partial charge in [0.1, 0.15) is 13.2 Å². The highest BCUT2D eigenvalue weighted by molar-refractivity contribution is 7.11. The van der Waals surface area contributed by atoms with Crippen molar-refractivity contribution in [3.8, 4) is 0 Å². The molecule has 0 fully saturated rings. The maximum atomic E-state index is 11.6. The Kier molecular flexibility index (Phi) is 3.99. The van der Waals surface area contributed by atoms with E-state index in [-0.39, 0.29) is 12.5 Å². The van der Waals surface area contributed by atoms with Crippen LogP contribution in [0.25, 0.3) is 0 Å². The maximum Gasteiger partial charge on any atom is 0.328 e. The summed E-state index contributed by atoms with van der Waals surface area (Å²) in [6.07, 6.45) is 4.10. The Balaban J connectivity index is 1.81. The van der Waals surface area contributed by atoms with Crippen molar-refractivity contribution < 1.29 is 9.53 Å². The van der Waals surface area contributed by atoms with Crippen molar-refractivity contribution in [2.24, 2.45) is 0 Å². The van der Waals surface area contributed by atoms with Crippen LogP contribution in [0.4, 0.5) is 5.69 Å². The zero-order valence-corrected chi connectivity index (χ0v) is 10.9. The number of nitrogens with two attached hydrogens (primary N) is 1. The molecular formula is C12H15N3O2S. The van der Waals surface area contributed by atoms with Crippen molar-refractivity contribution in [1.29, 1.82) is 0 Å². The number of ether oxygens (including phenoxy) is 1. The molecule has 0 radical (unpaired) electrons. The number of esters is 1. The fourth-order valence-corrected chi connectivity index (χ4v) is 2.36. The lowest BCUT2D eigenvalue weighted by Crippen LogP contribution is -2.13. The largest absolute Gasteiger partial charge is 0.459 e. The van der Waals surface area contributed by atoms with Gasteiger partial charge in [0, 0.05) is 16.0 Å². The second-order valence-corrected chi connectivity index (χ2v) is 5.11. The van der Waals surface area contributed by atoms with Crippen LogP contribution in [0.3, 0.4) is 0 Å². The minimum absolute atomic E-state index is 0.0865. The van der Waals surface area contributed by atoms with E-state index in [0.29, 0.717) is 12.3 Å². The summed E-state index contributed by atoms with van der Waals surface area (Å²) in [7, 11) is 0. The van der Waals surface area contributed by atoms with Crippen LogP contribution in [0.15, 0.2) is 24.5 Å². The number of anilines is 1. The zero-order valence-electron chi connectivity index (χ0n) is 10.1. The van der Waals surface area contributed by atoms with Gasteiger partial charge in [0.2, 0.25) is 0 Å². The summed E-state index contributed by atoms with van der Waals surface area (Å²) in [6.45, 7) is 2.51. The average Bonchev–Trinajstić information content (AvgIpc) is 2.95. The Morgan fingerprint density at radius 3 is 2.89 bits per heavy atom. The van der Waals surface area contributed by atoms with E-state index in [9.17, 15) is 4.79 Å². The van der Waals surface area contributed by atoms with Crippen LogP contribution in [0.2, 0.25) is 0 Å². The van der Waals surface area contributed by atoms with Gasteiger partial charge in [-0.1, -0.05) is 6.92 Å². The van der Waals surface area contributed by atoms with Crippen molar-refractivity contribution in [3.05, 3.63) is 34.3 Å². The number of thiophene rings is 1. The number of carbonyl (C=O) groups is 1. The molecule has 2 aromatic heterocycles. The molecule has 0 unspecified atom stereocenters. The smallest absolute Gasteiger partial charge is 0.328 e. The van der Waals surface area contributed by atoms with Crippen LogP contribution in [0.5, 0.6) is 0 Å². The molecule has 0 amide bonds. The Hall–Kier alpha value is -1.82. The topological polar surface area (TPSA) is 70.1 Å². The maximum absolute atomic E-state index is 11.6. The fraction of sp³-hybridized carbons (Fsp3) is 0.333. The molecule has 0 saturated carbocycles. The number of nitrogen functional groups attached to an aromatic ring is 1. The molecule has 6 heteroatoms. The third kappa shape index (κ3) is 3.33. The number of carbonyl (C=O) groups excluding carboxylic acids is 1. The van der Waals surface area contributed by atoms with E-state index < -0.39 is 0 Å². The molecule has 2 N–H and O–H groups in total. The van der Waals surface area contributed by atoms with Crippen molar-refractivity contribution in [3.63, 3.8) is 0 Å². The predicted octanol–water partition coefficient (Wildman–Crippen LogP) is 1.83. The first-order valence-corrected chi connectivity index (χ1v) is 6.50. The van der Waals surface area contributed by atoms with E-state index >= 15 is 0 Å². The summed E-state index contributed by atoms with van der Waals surface area (Å²) in [5.41, 5.74) is 6.04. The van der Waals surface area contributed by atoms with Crippen molar-refractivity contribution in [1.82, 2.24) is 9.78 Å². The average molecular weight is 265 g/mol. The van der Waals surface area contributed by atoms with Crippen molar-refractivity contribution in [2.45, 2.75) is 26.5 Å². The summed E-state index contributed by atoms with van der Waals surface area (Å²) in [5.74, 6) is -0.315. The normalized spacial score (nSPS) is 10.5. The van der Waals surface area contributed by atoms with Crippen LogP contribution in [-0.2, 0) is 29.1 Å². The predicted molar refractivity (Wildman–Crippen MR) is 70.1 cm³/mol. The number of hydrogen-bond donors (Lipinski definition) is 1. The molecule has 0 spiro atoms. The molecule has 0 atom stereocenters. The van der Waals surface area contributed by atoms with Gasteiger partial charge in [-0.2, -0.15) is 5.10 Å². The molecule has 2 rings (SSSR count). The molecule has 0 aromatic carbocycles. The molecule has 0 aliphatic rings. The third-order valence-corrected chi connectivity index (χ3v) is 3.59. The summed E-state index contributed by atoms with van der Waals surface area (Å²) >= 11 is 1.67. The monoisotopic (exact) mass is 265 g/mol. The van der Waals surface area contributed by atoms with Crippen LogP contribution in [0.1, 0.15) is 16.7 Å². The zero-order chi connectivity index (χ0) is 13.0. The molecule has 96 valence electrons. The highest BCUT2D eigenvalue weighted by Gasteiger charge is 2.07.